The van der Waals surface area contributed by atoms with Crippen LogP contribution in [-0.2, 0) is 14.4 Å². The van der Waals surface area contributed by atoms with E-state index in [1.54, 1.807) is 0 Å². The van der Waals surface area contributed by atoms with E-state index in [9.17, 15) is 14.4 Å². The molecule has 0 aromatic heterocycles. The van der Waals surface area contributed by atoms with Gasteiger partial charge in [0, 0.05) is 25.4 Å². The minimum absolute atomic E-state index is 0.0623. The number of amides is 2. The lowest BCUT2D eigenvalue weighted by molar-refractivity contribution is -0.145. The molecule has 1 aliphatic carbocycles. The van der Waals surface area contributed by atoms with E-state index >= 15 is 0 Å². The minimum atomic E-state index is -1.01. The Labute approximate surface area is 106 Å². The van der Waals surface area contributed by atoms with Crippen LogP contribution < -0.4 is 5.32 Å². The molecule has 6 heteroatoms. The summed E-state index contributed by atoms with van der Waals surface area (Å²) >= 11 is 0. The van der Waals surface area contributed by atoms with Crippen molar-refractivity contribution >= 4 is 17.8 Å². The molecule has 0 bridgehead atoms. The van der Waals surface area contributed by atoms with Crippen molar-refractivity contribution in [3.05, 3.63) is 0 Å². The van der Waals surface area contributed by atoms with Crippen molar-refractivity contribution in [2.45, 2.75) is 45.1 Å². The fourth-order valence-electron chi connectivity index (χ4n) is 1.67. The third-order valence-corrected chi connectivity index (χ3v) is 2.75. The van der Waals surface area contributed by atoms with Crippen LogP contribution in [0.2, 0.25) is 0 Å². The Balaban J connectivity index is 2.32. The zero-order valence-electron chi connectivity index (χ0n) is 10.6. The summed E-state index contributed by atoms with van der Waals surface area (Å²) in [6, 6.07) is 0.0623. The van der Waals surface area contributed by atoms with Gasteiger partial charge >= 0.3 is 5.97 Å². The maximum Gasteiger partial charge on any atom is 0.323 e. The highest BCUT2D eigenvalue weighted by atomic mass is 16.4. The van der Waals surface area contributed by atoms with Gasteiger partial charge in [0.05, 0.1) is 0 Å². The summed E-state index contributed by atoms with van der Waals surface area (Å²) in [5.41, 5.74) is 0. The van der Waals surface area contributed by atoms with Crippen molar-refractivity contribution in [1.29, 1.82) is 0 Å². The van der Waals surface area contributed by atoms with E-state index in [1.165, 1.54) is 4.90 Å². The van der Waals surface area contributed by atoms with Crippen LogP contribution in [0.5, 0.6) is 0 Å². The number of aliphatic carboxylic acids is 1. The van der Waals surface area contributed by atoms with Gasteiger partial charge in [-0.25, -0.2) is 0 Å². The Morgan fingerprint density at radius 1 is 1.28 bits per heavy atom. The number of hydrogen-bond donors (Lipinski definition) is 2. The van der Waals surface area contributed by atoms with E-state index < -0.39 is 5.97 Å². The Kier molecular flexibility index (Phi) is 5.61. The van der Waals surface area contributed by atoms with Gasteiger partial charge in [-0.3, -0.25) is 14.4 Å². The number of hydrogen-bond acceptors (Lipinski definition) is 3. The molecule has 6 nitrogen and oxygen atoms in total. The first-order chi connectivity index (χ1) is 8.54. The van der Waals surface area contributed by atoms with Crippen LogP contribution >= 0.6 is 0 Å². The monoisotopic (exact) mass is 256 g/mol. The number of rotatable bonds is 8. The normalized spacial score (nSPS) is 14.1. The summed E-state index contributed by atoms with van der Waals surface area (Å²) in [5, 5.41) is 11.4. The summed E-state index contributed by atoms with van der Waals surface area (Å²) in [6.45, 7) is 2.29. The summed E-state index contributed by atoms with van der Waals surface area (Å²) in [5.74, 6) is -1.41. The summed E-state index contributed by atoms with van der Waals surface area (Å²) in [6.07, 6.45) is 2.79. The van der Waals surface area contributed by atoms with Gasteiger partial charge in [-0.05, 0) is 19.3 Å². The van der Waals surface area contributed by atoms with E-state index in [4.69, 9.17) is 5.11 Å². The van der Waals surface area contributed by atoms with Gasteiger partial charge in [-0.2, -0.15) is 0 Å². The van der Waals surface area contributed by atoms with Gasteiger partial charge < -0.3 is 15.3 Å². The molecular weight excluding hydrogens is 236 g/mol. The summed E-state index contributed by atoms with van der Waals surface area (Å²) < 4.78 is 0. The fourth-order valence-corrected chi connectivity index (χ4v) is 1.67. The molecule has 0 aromatic rings. The van der Waals surface area contributed by atoms with Crippen molar-refractivity contribution in [2.24, 2.45) is 0 Å². The van der Waals surface area contributed by atoms with Crippen LogP contribution in [-0.4, -0.2) is 46.9 Å². The van der Waals surface area contributed by atoms with E-state index in [1.807, 2.05) is 6.92 Å². The molecule has 1 saturated carbocycles. The number of carbonyl (C=O) groups excluding carboxylic acids is 2. The topological polar surface area (TPSA) is 86.7 Å². The van der Waals surface area contributed by atoms with Crippen molar-refractivity contribution in [3.63, 3.8) is 0 Å². The molecule has 1 fully saturated rings. The first-order valence-corrected chi connectivity index (χ1v) is 6.32. The molecule has 2 N–H and O–H groups in total. The van der Waals surface area contributed by atoms with Gasteiger partial charge in [0.15, 0.2) is 0 Å². The Bertz CT molecular complexity index is 326. The highest BCUT2D eigenvalue weighted by Gasteiger charge is 2.33. The first kappa shape index (κ1) is 14.5. The number of nitrogens with zero attached hydrogens (tertiary/aromatic N) is 1. The molecule has 0 aliphatic heterocycles. The lowest BCUT2D eigenvalue weighted by Crippen LogP contribution is -2.38. The third-order valence-electron chi connectivity index (χ3n) is 2.75. The van der Waals surface area contributed by atoms with Crippen LogP contribution in [0.3, 0.4) is 0 Å². The molecule has 0 aromatic carbocycles. The number of carboxylic acid groups (broad SMARTS) is 1. The Morgan fingerprint density at radius 2 is 1.94 bits per heavy atom. The molecule has 0 unspecified atom stereocenters. The van der Waals surface area contributed by atoms with Crippen LogP contribution in [0.4, 0.5) is 0 Å². The van der Waals surface area contributed by atoms with Crippen LogP contribution in [0, 0.1) is 0 Å². The molecule has 0 saturated heterocycles. The SMILES string of the molecule is CCCNC(=O)CCC(=O)N(CC(=O)O)C1CC1. The second kappa shape index (κ2) is 6.98. The average Bonchev–Trinajstić information content (AvgIpc) is 3.14. The van der Waals surface area contributed by atoms with Crippen molar-refractivity contribution in [2.75, 3.05) is 13.1 Å². The van der Waals surface area contributed by atoms with Gasteiger partial charge in [0.2, 0.25) is 11.8 Å². The van der Waals surface area contributed by atoms with E-state index in [2.05, 4.69) is 5.32 Å². The zero-order chi connectivity index (χ0) is 13.5. The smallest absolute Gasteiger partial charge is 0.323 e. The van der Waals surface area contributed by atoms with Crippen molar-refractivity contribution < 1.29 is 19.5 Å². The van der Waals surface area contributed by atoms with Gasteiger partial charge in [-0.15, -0.1) is 0 Å². The quantitative estimate of drug-likeness (QED) is 0.657. The molecule has 18 heavy (non-hydrogen) atoms. The van der Waals surface area contributed by atoms with Gasteiger partial charge in [0.1, 0.15) is 6.54 Å². The average molecular weight is 256 g/mol. The molecule has 2 amide bonds. The second-order valence-electron chi connectivity index (χ2n) is 4.50. The minimum Gasteiger partial charge on any atom is -0.480 e. The molecule has 102 valence electrons. The molecule has 1 rings (SSSR count). The van der Waals surface area contributed by atoms with Gasteiger partial charge in [0.25, 0.3) is 0 Å². The zero-order valence-corrected chi connectivity index (χ0v) is 10.6. The number of carbonyl (C=O) groups is 3. The summed E-state index contributed by atoms with van der Waals surface area (Å²) in [7, 11) is 0. The predicted molar refractivity (Wildman–Crippen MR) is 64.9 cm³/mol. The van der Waals surface area contributed by atoms with Crippen LogP contribution in [0.25, 0.3) is 0 Å². The van der Waals surface area contributed by atoms with Crippen molar-refractivity contribution in [3.8, 4) is 0 Å². The van der Waals surface area contributed by atoms with E-state index in [0.717, 1.165) is 19.3 Å². The molecule has 0 spiro atoms. The number of nitrogens with one attached hydrogen (secondary N) is 1. The predicted octanol–water partition coefficient (Wildman–Crippen LogP) is 0.368. The molecule has 0 heterocycles. The second-order valence-corrected chi connectivity index (χ2v) is 4.50. The van der Waals surface area contributed by atoms with E-state index in [0.29, 0.717) is 6.54 Å². The Morgan fingerprint density at radius 3 is 2.44 bits per heavy atom. The summed E-state index contributed by atoms with van der Waals surface area (Å²) in [4.78, 5) is 35.2. The van der Waals surface area contributed by atoms with Crippen LogP contribution in [0.1, 0.15) is 39.0 Å². The standard InChI is InChI=1S/C12H20N2O4/c1-2-7-13-10(15)5-6-11(16)14(8-12(17)18)9-3-4-9/h9H,2-8H2,1H3,(H,13,15)(H,17,18). The largest absolute Gasteiger partial charge is 0.480 e. The van der Waals surface area contributed by atoms with Gasteiger partial charge in [-0.1, -0.05) is 6.92 Å². The van der Waals surface area contributed by atoms with E-state index in [-0.39, 0.29) is 37.2 Å². The number of carboxylic acids is 1. The Hall–Kier alpha value is -1.59. The van der Waals surface area contributed by atoms with Crippen molar-refractivity contribution in [1.82, 2.24) is 10.2 Å². The highest BCUT2D eigenvalue weighted by molar-refractivity contribution is 5.86. The maximum absolute atomic E-state index is 11.8. The highest BCUT2D eigenvalue weighted by Crippen LogP contribution is 2.27. The first-order valence-electron chi connectivity index (χ1n) is 6.32. The van der Waals surface area contributed by atoms with Crippen LogP contribution in [0.15, 0.2) is 0 Å². The molecule has 1 aliphatic rings. The maximum atomic E-state index is 11.8. The molecular formula is C12H20N2O4. The third kappa shape index (κ3) is 5.16. The fraction of sp³-hybridized carbons (Fsp3) is 0.750. The molecule has 0 atom stereocenters. The lowest BCUT2D eigenvalue weighted by Gasteiger charge is -2.19. The lowest BCUT2D eigenvalue weighted by atomic mass is 10.2. The molecule has 0 radical (unpaired) electrons.